The predicted octanol–water partition coefficient (Wildman–Crippen LogP) is 3.69. The molecule has 5 heterocycles. The summed E-state index contributed by atoms with van der Waals surface area (Å²) in [5.74, 6) is -0.0950. The van der Waals surface area contributed by atoms with Crippen molar-refractivity contribution in [3.05, 3.63) is 41.2 Å². The molecule has 4 aromatic rings. The second-order valence-electron chi connectivity index (χ2n) is 8.76. The summed E-state index contributed by atoms with van der Waals surface area (Å²) in [7, 11) is 0. The molecule has 0 saturated carbocycles. The van der Waals surface area contributed by atoms with E-state index in [1.54, 1.807) is 6.07 Å². The average Bonchev–Trinajstić information content (AvgIpc) is 3.08. The number of hydrogen-bond donors (Lipinski definition) is 3. The fourth-order valence-electron chi connectivity index (χ4n) is 4.07. The standard InChI is InChI=1S/C23H21FN6O3S/c1-23(9-32-10-23)11-33-17-8-15(24)28-22(30-17)29-16-5-2-12-13(27-16)3-4-14-18(12)19-20(34-14)21(31)26-7-6-25-19/h2-5,8,25H,6-7,9-11H2,1H3,(H,26,31)(H,27,28,29,30). The molecule has 3 N–H and O–H groups in total. The van der Waals surface area contributed by atoms with Gasteiger partial charge in [0.1, 0.15) is 10.7 Å². The normalized spacial score (nSPS) is 16.8. The van der Waals surface area contributed by atoms with E-state index in [0.717, 1.165) is 32.7 Å². The molecule has 0 atom stereocenters. The molecule has 11 heteroatoms. The first-order chi connectivity index (χ1) is 16.5. The molecule has 3 aromatic heterocycles. The maximum absolute atomic E-state index is 14.1. The lowest BCUT2D eigenvalue weighted by atomic mass is 9.90. The number of amides is 1. The number of nitrogens with one attached hydrogen (secondary N) is 3. The lowest BCUT2D eigenvalue weighted by molar-refractivity contribution is -0.120. The van der Waals surface area contributed by atoms with E-state index in [-0.39, 0.29) is 23.2 Å². The third kappa shape index (κ3) is 3.76. The Morgan fingerprint density at radius 1 is 1.18 bits per heavy atom. The van der Waals surface area contributed by atoms with Crippen molar-refractivity contribution in [1.29, 1.82) is 0 Å². The Hall–Kier alpha value is -3.57. The second-order valence-corrected chi connectivity index (χ2v) is 9.81. The minimum absolute atomic E-state index is 0.0562. The number of nitrogens with zero attached hydrogens (tertiary/aromatic N) is 3. The number of benzene rings is 1. The number of ether oxygens (including phenoxy) is 2. The van der Waals surface area contributed by atoms with Crippen molar-refractivity contribution >= 4 is 55.7 Å². The maximum Gasteiger partial charge on any atom is 0.263 e. The molecule has 0 radical (unpaired) electrons. The van der Waals surface area contributed by atoms with Crippen LogP contribution in [0.3, 0.4) is 0 Å². The summed E-state index contributed by atoms with van der Waals surface area (Å²) in [6.45, 7) is 4.86. The lowest BCUT2D eigenvalue weighted by Gasteiger charge is -2.37. The van der Waals surface area contributed by atoms with Gasteiger partial charge in [0.2, 0.25) is 17.8 Å². The number of aromatic nitrogens is 3. The molecule has 0 unspecified atom stereocenters. The van der Waals surface area contributed by atoms with Crippen LogP contribution in [0.25, 0.3) is 21.0 Å². The molecule has 1 amide bonds. The Labute approximate surface area is 197 Å². The molecule has 9 nitrogen and oxygen atoms in total. The highest BCUT2D eigenvalue weighted by molar-refractivity contribution is 7.21. The number of carbonyl (C=O) groups is 1. The molecule has 34 heavy (non-hydrogen) atoms. The van der Waals surface area contributed by atoms with Gasteiger partial charge in [0, 0.05) is 34.0 Å². The van der Waals surface area contributed by atoms with Gasteiger partial charge < -0.3 is 25.4 Å². The Kier molecular flexibility index (Phi) is 4.96. The molecule has 6 rings (SSSR count). The van der Waals surface area contributed by atoms with Crippen molar-refractivity contribution in [2.45, 2.75) is 6.92 Å². The zero-order chi connectivity index (χ0) is 23.3. The van der Waals surface area contributed by atoms with Crippen molar-refractivity contribution < 1.29 is 18.7 Å². The molecular formula is C23H21FN6O3S. The van der Waals surface area contributed by atoms with Crippen LogP contribution in [0.2, 0.25) is 0 Å². The number of thiophene rings is 1. The van der Waals surface area contributed by atoms with Crippen molar-refractivity contribution in [3.8, 4) is 5.88 Å². The average molecular weight is 481 g/mol. The van der Waals surface area contributed by atoms with Gasteiger partial charge in [-0.15, -0.1) is 11.3 Å². The lowest BCUT2D eigenvalue weighted by Crippen LogP contribution is -2.44. The Bertz CT molecular complexity index is 1440. The molecular weight excluding hydrogens is 459 g/mol. The van der Waals surface area contributed by atoms with Crippen LogP contribution in [-0.4, -0.2) is 53.8 Å². The third-order valence-electron chi connectivity index (χ3n) is 5.82. The van der Waals surface area contributed by atoms with E-state index in [2.05, 4.69) is 30.9 Å². The SMILES string of the molecule is CC1(COc2cc(F)nc(Nc3ccc4c(ccc5sc6c(c54)NCCNC6=O)n3)n2)COC1. The highest BCUT2D eigenvalue weighted by atomic mass is 32.1. The second kappa shape index (κ2) is 8.03. The molecule has 1 fully saturated rings. The number of hydrogen-bond acceptors (Lipinski definition) is 9. The van der Waals surface area contributed by atoms with Gasteiger partial charge in [-0.25, -0.2) is 4.98 Å². The number of anilines is 3. The van der Waals surface area contributed by atoms with E-state index < -0.39 is 5.95 Å². The van der Waals surface area contributed by atoms with Gasteiger partial charge in [0.25, 0.3) is 5.91 Å². The van der Waals surface area contributed by atoms with Crippen LogP contribution >= 0.6 is 11.3 Å². The fourth-order valence-corrected chi connectivity index (χ4v) is 5.18. The third-order valence-corrected chi connectivity index (χ3v) is 6.98. The highest BCUT2D eigenvalue weighted by Gasteiger charge is 2.34. The van der Waals surface area contributed by atoms with Gasteiger partial charge >= 0.3 is 0 Å². The van der Waals surface area contributed by atoms with Crippen LogP contribution in [0.15, 0.2) is 30.3 Å². The summed E-state index contributed by atoms with van der Waals surface area (Å²) >= 11 is 1.46. The van der Waals surface area contributed by atoms with Gasteiger partial charge in [0.05, 0.1) is 37.1 Å². The molecule has 0 bridgehead atoms. The van der Waals surface area contributed by atoms with E-state index in [9.17, 15) is 9.18 Å². The summed E-state index contributed by atoms with van der Waals surface area (Å²) in [4.78, 5) is 25.8. The minimum atomic E-state index is -0.699. The largest absolute Gasteiger partial charge is 0.477 e. The molecule has 2 aliphatic heterocycles. The number of fused-ring (bicyclic) bond motifs is 5. The van der Waals surface area contributed by atoms with Crippen LogP contribution in [0, 0.1) is 11.4 Å². The molecule has 0 spiro atoms. The summed E-state index contributed by atoms with van der Waals surface area (Å²) in [5, 5.41) is 11.1. The number of rotatable bonds is 5. The zero-order valence-corrected chi connectivity index (χ0v) is 19.1. The molecule has 1 saturated heterocycles. The first-order valence-electron chi connectivity index (χ1n) is 10.9. The Balaban J connectivity index is 1.30. The molecule has 1 aromatic carbocycles. The minimum Gasteiger partial charge on any atom is -0.477 e. The van der Waals surface area contributed by atoms with Crippen LogP contribution in [0.1, 0.15) is 16.6 Å². The van der Waals surface area contributed by atoms with Crippen molar-refractivity contribution in [2.75, 3.05) is 43.5 Å². The summed E-state index contributed by atoms with van der Waals surface area (Å²) < 4.78 is 26.0. The Morgan fingerprint density at radius 2 is 2.03 bits per heavy atom. The van der Waals surface area contributed by atoms with E-state index in [4.69, 9.17) is 9.47 Å². The first kappa shape index (κ1) is 21.0. The van der Waals surface area contributed by atoms with Crippen LogP contribution in [0.5, 0.6) is 5.88 Å². The highest BCUT2D eigenvalue weighted by Crippen LogP contribution is 2.40. The van der Waals surface area contributed by atoms with E-state index >= 15 is 0 Å². The monoisotopic (exact) mass is 480 g/mol. The summed E-state index contributed by atoms with van der Waals surface area (Å²) in [5.41, 5.74) is 1.48. The number of halogens is 1. The van der Waals surface area contributed by atoms with E-state index in [0.29, 0.717) is 43.6 Å². The predicted molar refractivity (Wildman–Crippen MR) is 128 cm³/mol. The quantitative estimate of drug-likeness (QED) is 0.371. The van der Waals surface area contributed by atoms with Gasteiger partial charge in [-0.2, -0.15) is 14.4 Å². The van der Waals surface area contributed by atoms with Gasteiger partial charge in [-0.1, -0.05) is 6.92 Å². The topological polar surface area (TPSA) is 110 Å². The van der Waals surface area contributed by atoms with Crippen molar-refractivity contribution in [3.63, 3.8) is 0 Å². The smallest absolute Gasteiger partial charge is 0.263 e. The van der Waals surface area contributed by atoms with E-state index in [1.807, 2.05) is 25.1 Å². The van der Waals surface area contributed by atoms with Gasteiger partial charge in [0.15, 0.2) is 0 Å². The maximum atomic E-state index is 14.1. The van der Waals surface area contributed by atoms with Crippen molar-refractivity contribution in [2.24, 2.45) is 5.41 Å². The molecule has 2 aliphatic rings. The summed E-state index contributed by atoms with van der Waals surface area (Å²) in [6.07, 6.45) is 0. The van der Waals surface area contributed by atoms with Crippen LogP contribution < -0.4 is 20.7 Å². The summed E-state index contributed by atoms with van der Waals surface area (Å²) in [6, 6.07) is 8.73. The Morgan fingerprint density at radius 3 is 2.85 bits per heavy atom. The van der Waals surface area contributed by atoms with E-state index in [1.165, 1.54) is 11.3 Å². The number of pyridine rings is 1. The fraction of sp³-hybridized carbons (Fsp3) is 0.304. The number of carbonyl (C=O) groups excluding carboxylic acids is 1. The molecule has 174 valence electrons. The van der Waals surface area contributed by atoms with Crippen molar-refractivity contribution in [1.82, 2.24) is 20.3 Å². The van der Waals surface area contributed by atoms with Crippen LogP contribution in [-0.2, 0) is 4.74 Å². The van der Waals surface area contributed by atoms with Gasteiger partial charge in [-0.3, -0.25) is 4.79 Å². The first-order valence-corrected chi connectivity index (χ1v) is 11.7. The van der Waals surface area contributed by atoms with Gasteiger partial charge in [-0.05, 0) is 24.3 Å². The zero-order valence-electron chi connectivity index (χ0n) is 18.3. The molecule has 0 aliphatic carbocycles. The van der Waals surface area contributed by atoms with Crippen LogP contribution in [0.4, 0.5) is 21.8 Å².